The molecule has 2 aliphatic heterocycles. The Kier molecular flexibility index (Phi) is 7.67. The van der Waals surface area contributed by atoms with Crippen molar-refractivity contribution in [1.29, 1.82) is 0 Å². The first kappa shape index (κ1) is 23.7. The van der Waals surface area contributed by atoms with Gasteiger partial charge in [0.15, 0.2) is 9.84 Å². The van der Waals surface area contributed by atoms with Gasteiger partial charge in [0.2, 0.25) is 5.91 Å². The fourth-order valence-corrected chi connectivity index (χ4v) is 5.77. The summed E-state index contributed by atoms with van der Waals surface area (Å²) in [5.74, 6) is 1.18. The van der Waals surface area contributed by atoms with Crippen LogP contribution in [0.1, 0.15) is 24.1 Å². The first-order valence-electron chi connectivity index (χ1n) is 11.7. The van der Waals surface area contributed by atoms with Crippen LogP contribution in [0.25, 0.3) is 0 Å². The molecule has 0 saturated carbocycles. The number of hydrogen-bond acceptors (Lipinski definition) is 6. The highest BCUT2D eigenvalue weighted by atomic mass is 32.2. The molecule has 4 rings (SSSR count). The SMILES string of the molecule is CCOc1ccc(CN2CCN(C(=O)C(c3ccccc3)N3CCS(=O)(=O)CC3)CC2)cc1. The van der Waals surface area contributed by atoms with Crippen LogP contribution >= 0.6 is 0 Å². The van der Waals surface area contributed by atoms with Gasteiger partial charge in [0.05, 0.1) is 18.1 Å². The molecule has 0 N–H and O–H groups in total. The Morgan fingerprint density at radius 1 is 0.909 bits per heavy atom. The van der Waals surface area contributed by atoms with Crippen LogP contribution in [0, 0.1) is 0 Å². The summed E-state index contributed by atoms with van der Waals surface area (Å²) in [6, 6.07) is 17.5. The molecule has 7 nitrogen and oxygen atoms in total. The number of ether oxygens (including phenoxy) is 1. The van der Waals surface area contributed by atoms with Gasteiger partial charge < -0.3 is 9.64 Å². The van der Waals surface area contributed by atoms with Crippen LogP contribution in [0.15, 0.2) is 54.6 Å². The Morgan fingerprint density at radius 3 is 2.15 bits per heavy atom. The maximum atomic E-state index is 13.6. The standard InChI is InChI=1S/C25H33N3O4S/c1-2-32-23-10-8-21(9-11-23)20-26-12-14-28(15-13-26)25(29)24(22-6-4-3-5-7-22)27-16-18-33(30,31)19-17-27/h3-11,24H,2,12-20H2,1H3. The Bertz CT molecular complexity index is 1010. The summed E-state index contributed by atoms with van der Waals surface area (Å²) in [5.41, 5.74) is 2.16. The number of sulfone groups is 1. The van der Waals surface area contributed by atoms with E-state index in [-0.39, 0.29) is 17.4 Å². The van der Waals surface area contributed by atoms with E-state index in [2.05, 4.69) is 17.0 Å². The van der Waals surface area contributed by atoms with Crippen LogP contribution in [0.3, 0.4) is 0 Å². The third-order valence-electron chi connectivity index (χ3n) is 6.42. The van der Waals surface area contributed by atoms with Crippen molar-refractivity contribution in [3.05, 3.63) is 65.7 Å². The normalized spacial score (nSPS) is 20.3. The first-order chi connectivity index (χ1) is 15.9. The predicted molar refractivity (Wildman–Crippen MR) is 129 cm³/mol. The summed E-state index contributed by atoms with van der Waals surface area (Å²) in [6.45, 7) is 7.24. The van der Waals surface area contributed by atoms with E-state index >= 15 is 0 Å². The smallest absolute Gasteiger partial charge is 0.244 e. The molecule has 0 aromatic heterocycles. The summed E-state index contributed by atoms with van der Waals surface area (Å²) in [5, 5.41) is 0. The van der Waals surface area contributed by atoms with E-state index < -0.39 is 15.9 Å². The molecule has 2 aromatic rings. The van der Waals surface area contributed by atoms with Gasteiger partial charge in [0.25, 0.3) is 0 Å². The molecule has 1 unspecified atom stereocenters. The van der Waals surface area contributed by atoms with Crippen molar-refractivity contribution < 1.29 is 17.9 Å². The summed E-state index contributed by atoms with van der Waals surface area (Å²) in [7, 11) is -3.01. The Labute approximate surface area is 196 Å². The maximum Gasteiger partial charge on any atom is 0.244 e. The Hall–Kier alpha value is -2.42. The van der Waals surface area contributed by atoms with Gasteiger partial charge in [0, 0.05) is 45.8 Å². The third kappa shape index (κ3) is 6.13. The molecular formula is C25H33N3O4S. The minimum absolute atomic E-state index is 0.0706. The van der Waals surface area contributed by atoms with E-state index in [0.29, 0.717) is 32.8 Å². The molecule has 2 fully saturated rings. The molecule has 2 saturated heterocycles. The molecule has 178 valence electrons. The van der Waals surface area contributed by atoms with E-state index in [0.717, 1.165) is 30.9 Å². The zero-order valence-corrected chi connectivity index (χ0v) is 20.0. The molecule has 2 aliphatic rings. The van der Waals surface area contributed by atoms with Gasteiger partial charge in [-0.25, -0.2) is 8.42 Å². The summed E-state index contributed by atoms with van der Waals surface area (Å²) >= 11 is 0. The number of benzene rings is 2. The molecule has 33 heavy (non-hydrogen) atoms. The lowest BCUT2D eigenvalue weighted by atomic mass is 10.0. The summed E-state index contributed by atoms with van der Waals surface area (Å²) in [6.07, 6.45) is 0. The molecule has 2 heterocycles. The van der Waals surface area contributed by atoms with Crippen molar-refractivity contribution in [2.45, 2.75) is 19.5 Å². The largest absolute Gasteiger partial charge is 0.494 e. The molecule has 0 bridgehead atoms. The van der Waals surface area contributed by atoms with Gasteiger partial charge in [-0.15, -0.1) is 0 Å². The fraction of sp³-hybridized carbons (Fsp3) is 0.480. The van der Waals surface area contributed by atoms with Gasteiger partial charge in [-0.3, -0.25) is 14.6 Å². The molecule has 0 spiro atoms. The topological polar surface area (TPSA) is 70.2 Å². The maximum absolute atomic E-state index is 13.6. The van der Waals surface area contributed by atoms with Gasteiger partial charge in [-0.05, 0) is 30.2 Å². The quantitative estimate of drug-likeness (QED) is 0.617. The van der Waals surface area contributed by atoms with E-state index in [9.17, 15) is 13.2 Å². The highest BCUT2D eigenvalue weighted by molar-refractivity contribution is 7.91. The van der Waals surface area contributed by atoms with Gasteiger partial charge >= 0.3 is 0 Å². The van der Waals surface area contributed by atoms with Crippen molar-refractivity contribution in [3.8, 4) is 5.75 Å². The highest BCUT2D eigenvalue weighted by Gasteiger charge is 2.35. The van der Waals surface area contributed by atoms with Crippen molar-refractivity contribution in [1.82, 2.24) is 14.7 Å². The molecule has 8 heteroatoms. The predicted octanol–water partition coefficient (Wildman–Crippen LogP) is 2.20. The van der Waals surface area contributed by atoms with Crippen molar-refractivity contribution in [2.24, 2.45) is 0 Å². The minimum atomic E-state index is -3.01. The summed E-state index contributed by atoms with van der Waals surface area (Å²) in [4.78, 5) is 20.0. The monoisotopic (exact) mass is 471 g/mol. The number of carbonyl (C=O) groups excluding carboxylic acids is 1. The van der Waals surface area contributed by atoms with E-state index in [1.54, 1.807) is 0 Å². The van der Waals surface area contributed by atoms with Crippen LogP contribution < -0.4 is 4.74 Å². The number of rotatable bonds is 7. The highest BCUT2D eigenvalue weighted by Crippen LogP contribution is 2.26. The summed E-state index contributed by atoms with van der Waals surface area (Å²) < 4.78 is 29.4. The van der Waals surface area contributed by atoms with Crippen molar-refractivity contribution in [2.75, 3.05) is 57.4 Å². The molecule has 1 amide bonds. The lowest BCUT2D eigenvalue weighted by molar-refractivity contribution is -0.139. The van der Waals surface area contributed by atoms with Crippen LogP contribution in [0.4, 0.5) is 0 Å². The van der Waals surface area contributed by atoms with Crippen LogP contribution in [0.2, 0.25) is 0 Å². The Balaban J connectivity index is 1.38. The van der Waals surface area contributed by atoms with Crippen LogP contribution in [-0.4, -0.2) is 86.4 Å². The molecule has 2 aromatic carbocycles. The van der Waals surface area contributed by atoms with Gasteiger partial charge in [0.1, 0.15) is 11.8 Å². The minimum Gasteiger partial charge on any atom is -0.494 e. The second-order valence-corrected chi connectivity index (χ2v) is 11.0. The molecule has 0 aliphatic carbocycles. The van der Waals surface area contributed by atoms with Gasteiger partial charge in [-0.2, -0.15) is 0 Å². The molecular weight excluding hydrogens is 438 g/mol. The zero-order chi connectivity index (χ0) is 23.3. The second kappa shape index (κ2) is 10.7. The fourth-order valence-electron chi connectivity index (χ4n) is 4.54. The second-order valence-electron chi connectivity index (χ2n) is 8.68. The lowest BCUT2D eigenvalue weighted by Crippen LogP contribution is -2.53. The lowest BCUT2D eigenvalue weighted by Gasteiger charge is -2.40. The average Bonchev–Trinajstić information content (AvgIpc) is 2.83. The van der Waals surface area contributed by atoms with Crippen molar-refractivity contribution >= 4 is 15.7 Å². The number of amides is 1. The third-order valence-corrected chi connectivity index (χ3v) is 8.03. The van der Waals surface area contributed by atoms with Crippen LogP contribution in [0.5, 0.6) is 5.75 Å². The zero-order valence-electron chi connectivity index (χ0n) is 19.2. The average molecular weight is 472 g/mol. The van der Waals surface area contributed by atoms with E-state index in [4.69, 9.17) is 4.74 Å². The van der Waals surface area contributed by atoms with E-state index in [1.165, 1.54) is 5.56 Å². The van der Waals surface area contributed by atoms with Crippen LogP contribution in [-0.2, 0) is 21.2 Å². The van der Waals surface area contributed by atoms with E-state index in [1.807, 2.05) is 59.2 Å². The van der Waals surface area contributed by atoms with Crippen molar-refractivity contribution in [3.63, 3.8) is 0 Å². The first-order valence-corrected chi connectivity index (χ1v) is 13.5. The number of carbonyl (C=O) groups is 1. The number of piperazine rings is 1. The van der Waals surface area contributed by atoms with Gasteiger partial charge in [-0.1, -0.05) is 42.5 Å². The number of hydrogen-bond donors (Lipinski definition) is 0. The molecule has 1 atom stereocenters. The molecule has 0 radical (unpaired) electrons. The Morgan fingerprint density at radius 2 is 1.55 bits per heavy atom. The number of nitrogens with zero attached hydrogens (tertiary/aromatic N) is 3.